The van der Waals surface area contributed by atoms with Gasteiger partial charge in [0.25, 0.3) is 0 Å². The van der Waals surface area contributed by atoms with Gasteiger partial charge in [0.15, 0.2) is 11.9 Å². The molecule has 5 aliphatic heterocycles. The van der Waals surface area contributed by atoms with Crippen molar-refractivity contribution in [2.45, 2.75) is 135 Å². The number of hydrogen-bond donors (Lipinski definition) is 2. The molecule has 278 valence electrons. The standard InChI is InChI=1S/C35H58N4O10/c1-11-25-35(8)29-20(4)26(36-12-13-39(29)33(42)49-35)18(2)15-34(7)30(48-32-27(40)24(38(9)10)14-19(3)46-32)21(5)28(22(6)31(41)47-25)44-16-23(37-43)17-45-34/h18-22,24-25,27-30,32,40,43H,11-17H2,1-10H3/b37-23+/t18-,19+,20+,21+,22-,24-,25-,27+,28+,29-,30+,32-,34-,35-/m1/s1. The van der Waals surface area contributed by atoms with Gasteiger partial charge in [0.05, 0.1) is 55.6 Å². The van der Waals surface area contributed by atoms with Crippen LogP contribution in [-0.4, -0.2) is 144 Å². The van der Waals surface area contributed by atoms with E-state index in [9.17, 15) is 19.9 Å². The summed E-state index contributed by atoms with van der Waals surface area (Å²) in [6.07, 6.45) is -3.42. The van der Waals surface area contributed by atoms with E-state index in [0.717, 1.165) is 5.71 Å². The number of esters is 1. The van der Waals surface area contributed by atoms with Crippen molar-refractivity contribution < 1.29 is 48.3 Å². The van der Waals surface area contributed by atoms with Crippen LogP contribution >= 0.6 is 0 Å². The molecule has 0 unspecified atom stereocenters. The lowest BCUT2D eigenvalue weighted by Crippen LogP contribution is -2.60. The number of amides is 1. The summed E-state index contributed by atoms with van der Waals surface area (Å²) in [6.45, 7) is 16.2. The zero-order chi connectivity index (χ0) is 36.0. The van der Waals surface area contributed by atoms with Crippen molar-refractivity contribution in [3.8, 4) is 0 Å². The van der Waals surface area contributed by atoms with Crippen LogP contribution in [-0.2, 0) is 33.2 Å². The first kappa shape index (κ1) is 37.9. The zero-order valence-electron chi connectivity index (χ0n) is 30.8. The normalized spacial score (nSPS) is 46.2. The molecule has 5 rings (SSSR count). The summed E-state index contributed by atoms with van der Waals surface area (Å²) in [5.74, 6) is -2.25. The predicted octanol–water partition coefficient (Wildman–Crippen LogP) is 3.11. The molecule has 4 bridgehead atoms. The summed E-state index contributed by atoms with van der Waals surface area (Å²) >= 11 is 0. The van der Waals surface area contributed by atoms with E-state index in [1.165, 1.54) is 0 Å². The van der Waals surface area contributed by atoms with E-state index >= 15 is 0 Å². The van der Waals surface area contributed by atoms with Crippen LogP contribution in [0.2, 0.25) is 0 Å². The molecule has 1 amide bonds. The van der Waals surface area contributed by atoms with Gasteiger partial charge in [0, 0.05) is 30.1 Å². The largest absolute Gasteiger partial charge is 0.458 e. The number of oxime groups is 1. The molecule has 0 spiro atoms. The Labute approximate surface area is 290 Å². The van der Waals surface area contributed by atoms with Crippen LogP contribution in [0.25, 0.3) is 0 Å². The van der Waals surface area contributed by atoms with Gasteiger partial charge >= 0.3 is 12.1 Å². The molecule has 0 radical (unpaired) electrons. The number of rotatable bonds is 4. The van der Waals surface area contributed by atoms with E-state index in [1.54, 1.807) is 11.8 Å². The van der Waals surface area contributed by atoms with Crippen LogP contribution in [0.15, 0.2) is 10.1 Å². The lowest BCUT2D eigenvalue weighted by molar-refractivity contribution is -0.302. The third kappa shape index (κ3) is 7.10. The minimum absolute atomic E-state index is 0.0561. The Hall–Kier alpha value is -2.36. The number of aliphatic imine (C=N–C) groups is 1. The van der Waals surface area contributed by atoms with Crippen molar-refractivity contribution in [3.63, 3.8) is 0 Å². The second kappa shape index (κ2) is 14.7. The number of cyclic esters (lactones) is 1. The van der Waals surface area contributed by atoms with Crippen molar-refractivity contribution in [3.05, 3.63) is 0 Å². The van der Waals surface area contributed by atoms with Crippen molar-refractivity contribution >= 4 is 23.5 Å². The van der Waals surface area contributed by atoms with Crippen LogP contribution in [0.4, 0.5) is 4.79 Å². The maximum Gasteiger partial charge on any atom is 0.410 e. The number of hydrogen-bond acceptors (Lipinski definition) is 13. The Balaban J connectivity index is 1.65. The molecule has 2 N–H and O–H groups in total. The molecular weight excluding hydrogens is 636 g/mol. The van der Waals surface area contributed by atoms with E-state index in [2.05, 4.69) is 19.0 Å². The van der Waals surface area contributed by atoms with Gasteiger partial charge in [0.1, 0.15) is 17.9 Å². The predicted molar refractivity (Wildman–Crippen MR) is 180 cm³/mol. The molecule has 5 aliphatic rings. The van der Waals surface area contributed by atoms with Gasteiger partial charge in [-0.1, -0.05) is 32.9 Å². The first-order valence-corrected chi connectivity index (χ1v) is 17.9. The first-order chi connectivity index (χ1) is 23.1. The SMILES string of the molecule is CC[C@H]1OC(=O)[C@H](C)[C@H]2OC/C(=N\O)CO[C@](C)(C[C@@H](C)C3=NCCN4C(=O)O[C@@]1(C)[C@H]4[C@H]3C)[C@@H](O[C@H]1O[C@@H](C)C[C@@H](N(C)C)[C@@H]1O)[C@H]2C. The van der Waals surface area contributed by atoms with E-state index in [-0.39, 0.29) is 42.9 Å². The summed E-state index contributed by atoms with van der Waals surface area (Å²) in [7, 11) is 3.84. The Morgan fingerprint density at radius 3 is 2.47 bits per heavy atom. The second-order valence-electron chi connectivity index (χ2n) is 15.5. The molecule has 14 heteroatoms. The summed E-state index contributed by atoms with van der Waals surface area (Å²) in [6, 6.07) is -0.636. The Morgan fingerprint density at radius 1 is 1.10 bits per heavy atom. The molecular formula is C35H58N4O10. The van der Waals surface area contributed by atoms with Crippen molar-refractivity contribution in [2.75, 3.05) is 40.4 Å². The maximum absolute atomic E-state index is 14.2. The number of fused-ring (bicyclic) bond motifs is 4. The highest BCUT2D eigenvalue weighted by Gasteiger charge is 2.60. The molecule has 5 heterocycles. The highest BCUT2D eigenvalue weighted by Crippen LogP contribution is 2.45. The van der Waals surface area contributed by atoms with Crippen molar-refractivity contribution in [1.82, 2.24) is 9.80 Å². The quantitative estimate of drug-likeness (QED) is 0.253. The second-order valence-corrected chi connectivity index (χ2v) is 15.5. The summed E-state index contributed by atoms with van der Waals surface area (Å²) in [4.78, 5) is 36.3. The van der Waals surface area contributed by atoms with Crippen LogP contribution in [0.3, 0.4) is 0 Å². The molecule has 4 fully saturated rings. The molecule has 0 aromatic carbocycles. The third-order valence-electron chi connectivity index (χ3n) is 11.7. The minimum Gasteiger partial charge on any atom is -0.458 e. The fraction of sp³-hybridized carbons (Fsp3) is 0.886. The Kier molecular flexibility index (Phi) is 11.4. The zero-order valence-corrected chi connectivity index (χ0v) is 30.8. The van der Waals surface area contributed by atoms with Gasteiger partial charge < -0.3 is 43.6 Å². The van der Waals surface area contributed by atoms with Gasteiger partial charge in [-0.05, 0) is 67.0 Å². The summed E-state index contributed by atoms with van der Waals surface area (Å²) in [5, 5.41) is 25.0. The van der Waals surface area contributed by atoms with Crippen LogP contribution in [0.5, 0.6) is 0 Å². The molecule has 49 heavy (non-hydrogen) atoms. The molecule has 0 saturated carbocycles. The van der Waals surface area contributed by atoms with Gasteiger partial charge in [-0.3, -0.25) is 14.7 Å². The first-order valence-electron chi connectivity index (χ1n) is 17.9. The van der Waals surface area contributed by atoms with E-state index in [1.807, 2.05) is 53.6 Å². The number of aliphatic hydroxyl groups excluding tert-OH is 1. The number of ether oxygens (including phenoxy) is 6. The highest BCUT2D eigenvalue weighted by atomic mass is 16.7. The monoisotopic (exact) mass is 694 g/mol. The topological polar surface area (TPSA) is 161 Å². The number of nitrogens with zero attached hydrogens (tertiary/aromatic N) is 4. The van der Waals surface area contributed by atoms with Gasteiger partial charge in [0.2, 0.25) is 0 Å². The third-order valence-corrected chi connectivity index (χ3v) is 11.7. The number of likely N-dealkylation sites (N-methyl/N-ethyl adjacent to an activating group) is 1. The number of aliphatic hydroxyl groups is 1. The Bertz CT molecular complexity index is 1280. The van der Waals surface area contributed by atoms with Gasteiger partial charge in [-0.2, -0.15) is 0 Å². The number of carbonyl (C=O) groups is 2. The smallest absolute Gasteiger partial charge is 0.410 e. The lowest BCUT2D eigenvalue weighted by atomic mass is 9.72. The average Bonchev–Trinajstić information content (AvgIpc) is 3.19. The molecule has 4 saturated heterocycles. The van der Waals surface area contributed by atoms with Crippen LogP contribution in [0, 0.1) is 23.7 Å². The van der Waals surface area contributed by atoms with Crippen molar-refractivity contribution in [1.29, 1.82) is 0 Å². The molecule has 14 atom stereocenters. The fourth-order valence-corrected chi connectivity index (χ4v) is 9.22. The molecule has 0 aromatic rings. The van der Waals surface area contributed by atoms with E-state index in [0.29, 0.717) is 32.4 Å². The fourth-order valence-electron chi connectivity index (χ4n) is 9.22. The lowest BCUT2D eigenvalue weighted by Gasteiger charge is -2.48. The Morgan fingerprint density at radius 2 is 1.82 bits per heavy atom. The molecule has 14 nitrogen and oxygen atoms in total. The van der Waals surface area contributed by atoms with Gasteiger partial charge in [-0.15, -0.1) is 0 Å². The van der Waals surface area contributed by atoms with E-state index < -0.39 is 71.8 Å². The van der Waals surface area contributed by atoms with Crippen LogP contribution in [0.1, 0.15) is 74.7 Å². The average molecular weight is 695 g/mol. The summed E-state index contributed by atoms with van der Waals surface area (Å²) in [5.41, 5.74) is -1.05. The number of carbonyl (C=O) groups excluding carboxylic acids is 2. The van der Waals surface area contributed by atoms with Crippen molar-refractivity contribution in [2.24, 2.45) is 33.8 Å². The molecule has 0 aromatic heterocycles. The van der Waals surface area contributed by atoms with Gasteiger partial charge in [-0.25, -0.2) is 4.79 Å². The summed E-state index contributed by atoms with van der Waals surface area (Å²) < 4.78 is 38.7. The van der Waals surface area contributed by atoms with Crippen LogP contribution < -0.4 is 0 Å². The molecule has 0 aliphatic carbocycles. The highest BCUT2D eigenvalue weighted by molar-refractivity contribution is 5.91. The minimum atomic E-state index is -1.12. The maximum atomic E-state index is 14.2. The van der Waals surface area contributed by atoms with E-state index in [4.69, 9.17) is 33.4 Å².